The number of benzene rings is 1. The van der Waals surface area contributed by atoms with Crippen molar-refractivity contribution >= 4 is 34.6 Å². The van der Waals surface area contributed by atoms with Gasteiger partial charge in [-0.05, 0) is 49.1 Å². The summed E-state index contributed by atoms with van der Waals surface area (Å²) in [6.07, 6.45) is 3.50. The monoisotopic (exact) mass is 552 g/mol. The van der Waals surface area contributed by atoms with Gasteiger partial charge in [-0.25, -0.2) is 9.78 Å². The Hall–Kier alpha value is -4.61. The van der Waals surface area contributed by atoms with E-state index in [0.29, 0.717) is 24.1 Å². The minimum absolute atomic E-state index is 0.00253. The lowest BCUT2D eigenvalue weighted by Gasteiger charge is -2.16. The maximum absolute atomic E-state index is 13.2. The van der Waals surface area contributed by atoms with Crippen LogP contribution < -0.4 is 20.9 Å². The van der Waals surface area contributed by atoms with Gasteiger partial charge in [0.15, 0.2) is 0 Å². The number of pyridine rings is 1. The van der Waals surface area contributed by atoms with Crippen LogP contribution in [0.3, 0.4) is 0 Å². The number of carboxylic acid groups (broad SMARTS) is 1. The Balaban J connectivity index is 1.78. The molecular weight excluding hydrogens is 516 g/mol. The largest absolute Gasteiger partial charge is 0.491 e. The number of aromatic nitrogens is 3. The summed E-state index contributed by atoms with van der Waals surface area (Å²) in [5, 5.41) is 13.9. The van der Waals surface area contributed by atoms with E-state index in [0.717, 1.165) is 11.0 Å². The fourth-order valence-corrected chi connectivity index (χ4v) is 3.94. The summed E-state index contributed by atoms with van der Waals surface area (Å²) in [4.78, 5) is 55.2. The maximum atomic E-state index is 13.2. The molecule has 0 aliphatic rings. The van der Waals surface area contributed by atoms with E-state index in [9.17, 15) is 24.3 Å². The molecule has 0 aliphatic carbocycles. The highest BCUT2D eigenvalue weighted by atomic mass is 16.5. The molecule has 1 unspecified atom stereocenters. The summed E-state index contributed by atoms with van der Waals surface area (Å²) >= 11 is 0. The molecule has 12 heteroatoms. The first kappa shape index (κ1) is 29.9. The molecule has 1 atom stereocenters. The first-order valence-electron chi connectivity index (χ1n) is 12.9. The van der Waals surface area contributed by atoms with Gasteiger partial charge in [-0.2, -0.15) is 0 Å². The predicted molar refractivity (Wildman–Crippen MR) is 151 cm³/mol. The highest BCUT2D eigenvalue weighted by molar-refractivity contribution is 5.96. The molecule has 3 N–H and O–H groups in total. The number of imidazole rings is 1. The number of hydrogen-bond acceptors (Lipinski definition) is 6. The number of ether oxygens (including phenoxy) is 1. The molecular formula is C28H36N6O6. The third-order valence-electron chi connectivity index (χ3n) is 6.05. The number of nitrogens with one attached hydrogen (secondary N) is 2. The molecule has 2 aromatic heterocycles. The van der Waals surface area contributed by atoms with Crippen molar-refractivity contribution in [1.29, 1.82) is 0 Å². The number of aryl methyl sites for hydroxylation is 1. The molecule has 0 bridgehead atoms. The van der Waals surface area contributed by atoms with E-state index in [-0.39, 0.29) is 31.0 Å². The SMILES string of the molecule is CC(C)COc1cccc2nc(Cn3cccc(NC(=O)C(CCC=CC(=O)N(C)C)NC(=O)O)c3=O)n(C)c12. The van der Waals surface area contributed by atoms with E-state index in [1.807, 2.05) is 29.8 Å². The van der Waals surface area contributed by atoms with Crippen LogP contribution in [0, 0.1) is 5.92 Å². The highest BCUT2D eigenvalue weighted by Gasteiger charge is 2.21. The van der Waals surface area contributed by atoms with Crippen LogP contribution in [0.1, 0.15) is 32.5 Å². The van der Waals surface area contributed by atoms with Gasteiger partial charge < -0.3 is 34.5 Å². The van der Waals surface area contributed by atoms with Gasteiger partial charge in [0.05, 0.1) is 18.7 Å². The third kappa shape index (κ3) is 7.71. The van der Waals surface area contributed by atoms with Crippen LogP contribution in [-0.4, -0.2) is 68.8 Å². The fourth-order valence-electron chi connectivity index (χ4n) is 3.94. The van der Waals surface area contributed by atoms with Crippen LogP contribution in [0.4, 0.5) is 10.5 Å². The lowest BCUT2D eigenvalue weighted by atomic mass is 10.1. The Morgan fingerprint density at radius 3 is 2.60 bits per heavy atom. The van der Waals surface area contributed by atoms with Gasteiger partial charge in [0.1, 0.15) is 28.8 Å². The standard InChI is InChI=1S/C28H36N6O6/c1-18(2)17-40-22-13-8-11-19-25(22)33(5)23(29-19)16-34-15-9-12-21(27(34)37)30-26(36)20(31-28(38)39)10-6-7-14-24(35)32(3)4/h7-9,11-15,18,20,31H,6,10,16-17H2,1-5H3,(H,30,36)(H,38,39). The van der Waals surface area contributed by atoms with Gasteiger partial charge in [0, 0.05) is 27.3 Å². The lowest BCUT2D eigenvalue weighted by Crippen LogP contribution is -2.44. The highest BCUT2D eigenvalue weighted by Crippen LogP contribution is 2.26. The summed E-state index contributed by atoms with van der Waals surface area (Å²) in [6, 6.07) is 7.57. The van der Waals surface area contributed by atoms with Crippen LogP contribution in [-0.2, 0) is 23.2 Å². The number of anilines is 1. The van der Waals surface area contributed by atoms with Gasteiger partial charge >= 0.3 is 6.09 Å². The zero-order chi connectivity index (χ0) is 29.4. The summed E-state index contributed by atoms with van der Waals surface area (Å²) in [5.74, 6) is 0.772. The zero-order valence-electron chi connectivity index (χ0n) is 23.4. The summed E-state index contributed by atoms with van der Waals surface area (Å²) < 4.78 is 9.27. The lowest BCUT2D eigenvalue weighted by molar-refractivity contribution is -0.123. The number of para-hydroxylation sites is 1. The van der Waals surface area contributed by atoms with Crippen molar-refractivity contribution < 1.29 is 24.2 Å². The smallest absolute Gasteiger partial charge is 0.405 e. The summed E-state index contributed by atoms with van der Waals surface area (Å²) in [6.45, 7) is 4.83. The summed E-state index contributed by atoms with van der Waals surface area (Å²) in [7, 11) is 5.07. The molecule has 3 amide bonds. The van der Waals surface area contributed by atoms with Crippen molar-refractivity contribution in [2.24, 2.45) is 13.0 Å². The number of rotatable bonds is 12. The number of nitrogens with zero attached hydrogens (tertiary/aromatic N) is 4. The Morgan fingerprint density at radius 1 is 1.18 bits per heavy atom. The first-order valence-corrected chi connectivity index (χ1v) is 12.9. The number of amides is 3. The molecule has 0 fully saturated rings. The first-order chi connectivity index (χ1) is 19.0. The Kier molecular flexibility index (Phi) is 10.1. The van der Waals surface area contributed by atoms with E-state index in [2.05, 4.69) is 29.5 Å². The maximum Gasteiger partial charge on any atom is 0.405 e. The number of likely N-dealkylation sites (N-methyl/N-ethyl adjacent to an activating group) is 1. The predicted octanol–water partition coefficient (Wildman–Crippen LogP) is 2.82. The van der Waals surface area contributed by atoms with E-state index in [4.69, 9.17) is 4.74 Å². The average Bonchev–Trinajstić information content (AvgIpc) is 3.21. The number of carbonyl (C=O) groups is 3. The van der Waals surface area contributed by atoms with Crippen LogP contribution in [0.15, 0.2) is 53.5 Å². The third-order valence-corrected chi connectivity index (χ3v) is 6.05. The minimum Gasteiger partial charge on any atom is -0.491 e. The molecule has 2 heterocycles. The van der Waals surface area contributed by atoms with Crippen LogP contribution in [0.5, 0.6) is 5.75 Å². The van der Waals surface area contributed by atoms with Crippen LogP contribution in [0.25, 0.3) is 11.0 Å². The number of hydrogen-bond donors (Lipinski definition) is 3. The normalized spacial score (nSPS) is 12.1. The topological polar surface area (TPSA) is 148 Å². The van der Waals surface area contributed by atoms with E-state index >= 15 is 0 Å². The fraction of sp³-hybridized carbons (Fsp3) is 0.393. The number of fused-ring (bicyclic) bond motifs is 1. The quantitative estimate of drug-likeness (QED) is 0.293. The molecule has 0 aliphatic heterocycles. The average molecular weight is 553 g/mol. The van der Waals surface area contributed by atoms with Crippen molar-refractivity contribution in [2.75, 3.05) is 26.0 Å². The Bertz CT molecular complexity index is 1460. The van der Waals surface area contributed by atoms with Crippen molar-refractivity contribution in [3.63, 3.8) is 0 Å². The van der Waals surface area contributed by atoms with Crippen LogP contribution >= 0.6 is 0 Å². The van der Waals surface area contributed by atoms with Gasteiger partial charge in [-0.15, -0.1) is 0 Å². The molecule has 3 aromatic rings. The number of carbonyl (C=O) groups excluding carboxylic acids is 2. The Labute approximate surface area is 232 Å². The molecule has 0 radical (unpaired) electrons. The summed E-state index contributed by atoms with van der Waals surface area (Å²) in [5.41, 5.74) is 1.09. The van der Waals surface area contributed by atoms with Crippen LogP contribution in [0.2, 0.25) is 0 Å². The van der Waals surface area contributed by atoms with Gasteiger partial charge in [0.25, 0.3) is 5.56 Å². The molecule has 0 spiro atoms. The molecule has 40 heavy (non-hydrogen) atoms. The van der Waals surface area contributed by atoms with Crippen molar-refractivity contribution in [3.05, 3.63) is 64.9 Å². The van der Waals surface area contributed by atoms with Crippen molar-refractivity contribution in [3.8, 4) is 5.75 Å². The second-order valence-electron chi connectivity index (χ2n) is 9.97. The second kappa shape index (κ2) is 13.5. The van der Waals surface area contributed by atoms with Crippen molar-refractivity contribution in [1.82, 2.24) is 24.3 Å². The second-order valence-corrected chi connectivity index (χ2v) is 9.97. The molecule has 1 aromatic carbocycles. The minimum atomic E-state index is -1.38. The van der Waals surface area contributed by atoms with Crippen molar-refractivity contribution in [2.45, 2.75) is 39.3 Å². The van der Waals surface area contributed by atoms with E-state index in [1.165, 1.54) is 21.6 Å². The molecule has 0 saturated carbocycles. The van der Waals surface area contributed by atoms with Gasteiger partial charge in [-0.1, -0.05) is 26.0 Å². The number of allylic oxidation sites excluding steroid dienone is 1. The Morgan fingerprint density at radius 2 is 1.93 bits per heavy atom. The van der Waals surface area contributed by atoms with Gasteiger partial charge in [-0.3, -0.25) is 14.4 Å². The molecule has 3 rings (SSSR count). The molecule has 12 nitrogen and oxygen atoms in total. The van der Waals surface area contributed by atoms with E-state index in [1.54, 1.807) is 32.4 Å². The molecule has 0 saturated heterocycles. The zero-order valence-corrected chi connectivity index (χ0v) is 23.4. The molecule has 214 valence electrons. The van der Waals surface area contributed by atoms with Gasteiger partial charge in [0.2, 0.25) is 11.8 Å². The van der Waals surface area contributed by atoms with E-state index < -0.39 is 23.6 Å².